The predicted molar refractivity (Wildman–Crippen MR) is 135 cm³/mol. The molecule has 0 aliphatic heterocycles. The summed E-state index contributed by atoms with van der Waals surface area (Å²) in [5.41, 5.74) is 5.47. The summed E-state index contributed by atoms with van der Waals surface area (Å²) in [4.78, 5) is 33.1. The van der Waals surface area contributed by atoms with Crippen molar-refractivity contribution < 1.29 is 9.53 Å². The van der Waals surface area contributed by atoms with Crippen LogP contribution in [-0.4, -0.2) is 28.8 Å². The highest BCUT2D eigenvalue weighted by Crippen LogP contribution is 2.34. The fourth-order valence-electron chi connectivity index (χ4n) is 4.32. The first-order chi connectivity index (χ1) is 16.5. The minimum atomic E-state index is -0.362. The quantitative estimate of drug-likeness (QED) is 0.344. The van der Waals surface area contributed by atoms with Crippen LogP contribution in [0.25, 0.3) is 15.9 Å². The lowest BCUT2D eigenvalue weighted by atomic mass is 9.97. The van der Waals surface area contributed by atoms with E-state index in [1.165, 1.54) is 4.88 Å². The first-order valence-corrected chi connectivity index (χ1v) is 12.0. The van der Waals surface area contributed by atoms with E-state index in [0.29, 0.717) is 17.1 Å². The summed E-state index contributed by atoms with van der Waals surface area (Å²) in [7, 11) is 1.61. The molecular formula is C26H24N4O3S. The van der Waals surface area contributed by atoms with E-state index in [1.807, 2.05) is 37.3 Å². The van der Waals surface area contributed by atoms with Gasteiger partial charge in [0.1, 0.15) is 16.4 Å². The number of nitrogens with one attached hydrogen (secondary N) is 1. The molecule has 172 valence electrons. The summed E-state index contributed by atoms with van der Waals surface area (Å²) in [6, 6.07) is 14.3. The second kappa shape index (κ2) is 9.23. The number of amides is 1. The summed E-state index contributed by atoms with van der Waals surface area (Å²) < 4.78 is 6.74. The molecule has 2 aromatic heterocycles. The van der Waals surface area contributed by atoms with Crippen molar-refractivity contribution in [1.82, 2.24) is 15.0 Å². The molecule has 0 spiro atoms. The van der Waals surface area contributed by atoms with Crippen LogP contribution >= 0.6 is 11.3 Å². The zero-order chi connectivity index (χ0) is 23.7. The van der Waals surface area contributed by atoms with Crippen molar-refractivity contribution in [3.63, 3.8) is 0 Å². The number of fused-ring (bicyclic) bond motifs is 3. The molecule has 1 N–H and O–H groups in total. The van der Waals surface area contributed by atoms with Crippen molar-refractivity contribution in [2.75, 3.05) is 7.11 Å². The predicted octanol–water partition coefficient (Wildman–Crippen LogP) is 4.41. The molecule has 1 amide bonds. The van der Waals surface area contributed by atoms with Gasteiger partial charge in [0.2, 0.25) is 0 Å². The van der Waals surface area contributed by atoms with E-state index in [4.69, 9.17) is 9.72 Å². The number of benzene rings is 2. The number of ether oxygens (including phenoxy) is 1. The third-order valence-corrected chi connectivity index (χ3v) is 7.20. The maximum absolute atomic E-state index is 13.5. The molecule has 2 heterocycles. The molecule has 0 saturated carbocycles. The summed E-state index contributed by atoms with van der Waals surface area (Å²) in [5.74, 6) is 0.990. The van der Waals surface area contributed by atoms with E-state index in [-0.39, 0.29) is 11.5 Å². The molecule has 0 saturated heterocycles. The Labute approximate surface area is 200 Å². The van der Waals surface area contributed by atoms with Crippen LogP contribution in [0.3, 0.4) is 0 Å². The van der Waals surface area contributed by atoms with Crippen LogP contribution in [0.1, 0.15) is 45.0 Å². The minimum absolute atomic E-state index is 0.0722. The Balaban J connectivity index is 1.43. The van der Waals surface area contributed by atoms with Gasteiger partial charge < -0.3 is 4.74 Å². The van der Waals surface area contributed by atoms with Crippen LogP contribution in [0.2, 0.25) is 0 Å². The largest absolute Gasteiger partial charge is 0.497 e. The molecule has 0 unspecified atom stereocenters. The number of thiophene rings is 1. The standard InChI is InChI=1S/C26H24N4O3S/c1-16-28-25-23(21-8-3-4-9-22(21)34-25)26(32)30(16)19-7-5-6-18(14-19)24(31)29-27-15-17-10-12-20(33-2)13-11-17/h5-7,10-15H,3-4,8-9H2,1-2H3,(H,29,31)/b27-15+. The molecule has 2 aromatic carbocycles. The van der Waals surface area contributed by atoms with E-state index >= 15 is 0 Å². The summed E-state index contributed by atoms with van der Waals surface area (Å²) in [6.07, 6.45) is 5.75. The van der Waals surface area contributed by atoms with Gasteiger partial charge >= 0.3 is 0 Å². The van der Waals surface area contributed by atoms with Crippen molar-refractivity contribution in [1.29, 1.82) is 0 Å². The minimum Gasteiger partial charge on any atom is -0.497 e. The third-order valence-electron chi connectivity index (χ3n) is 6.02. The molecule has 0 fully saturated rings. The van der Waals surface area contributed by atoms with Gasteiger partial charge in [-0.3, -0.25) is 14.2 Å². The number of rotatable bonds is 5. The smallest absolute Gasteiger partial charge is 0.271 e. The molecule has 0 bridgehead atoms. The zero-order valence-electron chi connectivity index (χ0n) is 19.0. The van der Waals surface area contributed by atoms with Crippen molar-refractivity contribution >= 4 is 33.7 Å². The van der Waals surface area contributed by atoms with E-state index < -0.39 is 0 Å². The van der Waals surface area contributed by atoms with Crippen LogP contribution < -0.4 is 15.7 Å². The first kappa shape index (κ1) is 22.0. The number of hydrazone groups is 1. The van der Waals surface area contributed by atoms with E-state index in [9.17, 15) is 9.59 Å². The third kappa shape index (κ3) is 4.12. The number of aryl methyl sites for hydroxylation is 3. The molecule has 8 heteroatoms. The second-order valence-corrected chi connectivity index (χ2v) is 9.30. The number of carbonyl (C=O) groups is 1. The molecule has 0 radical (unpaired) electrons. The topological polar surface area (TPSA) is 85.6 Å². The summed E-state index contributed by atoms with van der Waals surface area (Å²) in [5, 5.41) is 4.77. The number of methoxy groups -OCH3 is 1. The lowest BCUT2D eigenvalue weighted by Gasteiger charge is -2.12. The van der Waals surface area contributed by atoms with Gasteiger partial charge in [-0.25, -0.2) is 10.4 Å². The van der Waals surface area contributed by atoms with Gasteiger partial charge in [0, 0.05) is 10.4 Å². The fourth-order valence-corrected chi connectivity index (χ4v) is 5.61. The van der Waals surface area contributed by atoms with Crippen LogP contribution in [0.5, 0.6) is 5.75 Å². The molecule has 0 atom stereocenters. The maximum atomic E-state index is 13.5. The lowest BCUT2D eigenvalue weighted by molar-refractivity contribution is 0.0955. The number of nitrogens with zero attached hydrogens (tertiary/aromatic N) is 3. The first-order valence-electron chi connectivity index (χ1n) is 11.2. The van der Waals surface area contributed by atoms with Crippen molar-refractivity contribution in [3.05, 3.63) is 86.3 Å². The van der Waals surface area contributed by atoms with Crippen molar-refractivity contribution in [2.45, 2.75) is 32.6 Å². The average molecular weight is 473 g/mol. The van der Waals surface area contributed by atoms with E-state index in [2.05, 4.69) is 10.5 Å². The van der Waals surface area contributed by atoms with Gasteiger partial charge in [-0.2, -0.15) is 5.10 Å². The number of carbonyl (C=O) groups excluding carboxylic acids is 1. The van der Waals surface area contributed by atoms with Crippen molar-refractivity contribution in [2.24, 2.45) is 5.10 Å². The van der Waals surface area contributed by atoms with Gasteiger partial charge in [-0.15, -0.1) is 11.3 Å². The average Bonchev–Trinajstić information content (AvgIpc) is 3.23. The summed E-state index contributed by atoms with van der Waals surface area (Å²) in [6.45, 7) is 1.82. The second-order valence-electron chi connectivity index (χ2n) is 8.21. The molecule has 34 heavy (non-hydrogen) atoms. The van der Waals surface area contributed by atoms with Crippen LogP contribution in [0.4, 0.5) is 0 Å². The van der Waals surface area contributed by atoms with Gasteiger partial charge in [-0.1, -0.05) is 6.07 Å². The highest BCUT2D eigenvalue weighted by Gasteiger charge is 2.22. The molecule has 1 aliphatic carbocycles. The Bertz CT molecular complexity index is 1470. The normalized spacial score (nSPS) is 13.2. The lowest BCUT2D eigenvalue weighted by Crippen LogP contribution is -2.23. The molecular weight excluding hydrogens is 448 g/mol. The molecule has 7 nitrogen and oxygen atoms in total. The fraction of sp³-hybridized carbons (Fsp3) is 0.231. The molecule has 4 aromatic rings. The Morgan fingerprint density at radius 1 is 1.18 bits per heavy atom. The van der Waals surface area contributed by atoms with Gasteiger partial charge in [0.25, 0.3) is 11.5 Å². The Morgan fingerprint density at radius 3 is 2.76 bits per heavy atom. The molecule has 5 rings (SSSR count). The highest BCUT2D eigenvalue weighted by molar-refractivity contribution is 7.18. The van der Waals surface area contributed by atoms with E-state index in [1.54, 1.807) is 47.4 Å². The van der Waals surface area contributed by atoms with Crippen LogP contribution in [0.15, 0.2) is 58.4 Å². The zero-order valence-corrected chi connectivity index (χ0v) is 19.8. The van der Waals surface area contributed by atoms with Gasteiger partial charge in [0.15, 0.2) is 0 Å². The monoisotopic (exact) mass is 472 g/mol. The van der Waals surface area contributed by atoms with Crippen molar-refractivity contribution in [3.8, 4) is 11.4 Å². The Kier molecular flexibility index (Phi) is 5.98. The SMILES string of the molecule is COc1ccc(/C=N/NC(=O)c2cccc(-n3c(C)nc4sc5c(c4c3=O)CCCC5)c2)cc1. The van der Waals surface area contributed by atoms with E-state index in [0.717, 1.165) is 52.8 Å². The molecule has 1 aliphatic rings. The summed E-state index contributed by atoms with van der Waals surface area (Å²) >= 11 is 1.64. The number of hydrogen-bond acceptors (Lipinski definition) is 6. The van der Waals surface area contributed by atoms with Crippen LogP contribution in [-0.2, 0) is 12.8 Å². The van der Waals surface area contributed by atoms with Crippen LogP contribution in [0, 0.1) is 6.92 Å². The number of aromatic nitrogens is 2. The Morgan fingerprint density at radius 2 is 1.97 bits per heavy atom. The van der Waals surface area contributed by atoms with Gasteiger partial charge in [0.05, 0.1) is 24.4 Å². The highest BCUT2D eigenvalue weighted by atomic mass is 32.1. The maximum Gasteiger partial charge on any atom is 0.271 e. The number of hydrogen-bond donors (Lipinski definition) is 1. The van der Waals surface area contributed by atoms with Gasteiger partial charge in [-0.05, 0) is 86.2 Å². The Hall–Kier alpha value is -3.78.